The molecule has 0 unspecified atom stereocenters. The van der Waals surface area contributed by atoms with Gasteiger partial charge in [-0.05, 0) is 13.8 Å². The summed E-state index contributed by atoms with van der Waals surface area (Å²) in [5.41, 5.74) is 6.49. The van der Waals surface area contributed by atoms with E-state index in [1.165, 1.54) is 52.6 Å². The van der Waals surface area contributed by atoms with Crippen LogP contribution in [0.3, 0.4) is 0 Å². The largest absolute Gasteiger partial charge is 0 e. The molecule has 0 atom stereocenters. The minimum Gasteiger partial charge on any atom is 0 e. The van der Waals surface area contributed by atoms with Gasteiger partial charge in [0, 0.05) is 26.2 Å². The fraction of sp³-hybridized carbons (Fsp3) is 0.294. The van der Waals surface area contributed by atoms with Crippen LogP contribution in [0.2, 0.25) is 30.4 Å². The number of benzene rings is 3. The number of allylic oxidation sites excluding steroid dienone is 2. The van der Waals surface area contributed by atoms with Crippen LogP contribution in [0.4, 0.5) is 0 Å². The summed E-state index contributed by atoms with van der Waals surface area (Å²) in [4.78, 5) is 15.0. The van der Waals surface area contributed by atoms with E-state index < -0.39 is 21.3 Å². The third-order valence-electron chi connectivity index (χ3n) is 7.52. The van der Waals surface area contributed by atoms with E-state index in [0.717, 1.165) is 11.3 Å². The van der Waals surface area contributed by atoms with Crippen molar-refractivity contribution in [1.29, 1.82) is 0 Å². The van der Waals surface area contributed by atoms with Gasteiger partial charge in [0.05, 0.1) is 5.76 Å². The first-order valence-electron chi connectivity index (χ1n) is 13.7. The molecule has 1 radical (unpaired) electrons. The van der Waals surface area contributed by atoms with Gasteiger partial charge in [-0.2, -0.15) is 0 Å². The molecule has 1 N–H and O–H groups in total. The molecule has 3 aromatic carbocycles. The Balaban J connectivity index is 0.000000492. The van der Waals surface area contributed by atoms with Crippen molar-refractivity contribution in [2.24, 2.45) is 0 Å². The second kappa shape index (κ2) is 12.3. The Labute approximate surface area is 256 Å². The van der Waals surface area contributed by atoms with Gasteiger partial charge in [0.2, 0.25) is 0 Å². The number of nitrogens with zero attached hydrogens (tertiary/aromatic N) is 1. The van der Waals surface area contributed by atoms with E-state index in [1.54, 1.807) is 9.58 Å². The number of aliphatic hydroxyl groups excluding tert-OH is 1. The molecule has 2 heterocycles. The number of rotatable bonds is 4. The number of fused-ring (bicyclic) bond motifs is 4. The van der Waals surface area contributed by atoms with Gasteiger partial charge in [-0.1, -0.05) is 0 Å². The van der Waals surface area contributed by atoms with E-state index in [2.05, 4.69) is 105 Å². The summed E-state index contributed by atoms with van der Waals surface area (Å²) in [6.45, 7) is 12.4. The van der Waals surface area contributed by atoms with E-state index in [9.17, 15) is 4.79 Å². The van der Waals surface area contributed by atoms with Crippen LogP contribution >= 0.6 is 0 Å². The van der Waals surface area contributed by atoms with Crippen molar-refractivity contribution in [2.75, 3.05) is 0 Å². The molecular formula is C34H40GeIrNO2Si-. The SMILES string of the molecule is CC(=O)/C=C(/C)O.CC(C)c1cc(-c2nccc3c2[Si](C)(C)c2c[c]([Ge]([CH3])([CH3])[CH3])ccc2-3)[c-]c2ccccc12.[Ir]. The number of aromatic nitrogens is 1. The number of aliphatic hydroxyl groups is 1. The molecule has 6 heteroatoms. The van der Waals surface area contributed by atoms with Gasteiger partial charge >= 0.3 is 197 Å². The number of hydrogen-bond donors (Lipinski definition) is 1. The second-order valence-corrected chi connectivity index (χ2v) is 27.4. The smallest absolute Gasteiger partial charge is 0 e. The molecule has 0 saturated carbocycles. The predicted octanol–water partition coefficient (Wildman–Crippen LogP) is 7.21. The Bertz CT molecular complexity index is 1600. The van der Waals surface area contributed by atoms with Crippen molar-refractivity contribution in [3.8, 4) is 22.4 Å². The minimum absolute atomic E-state index is 0. The van der Waals surface area contributed by atoms with Crippen LogP contribution in [0.5, 0.6) is 0 Å². The number of ketones is 1. The molecule has 0 aliphatic carbocycles. The number of hydrogen-bond acceptors (Lipinski definition) is 3. The van der Waals surface area contributed by atoms with E-state index in [1.807, 2.05) is 6.20 Å². The molecule has 40 heavy (non-hydrogen) atoms. The molecule has 0 fully saturated rings. The van der Waals surface area contributed by atoms with Gasteiger partial charge in [0.1, 0.15) is 0 Å². The molecule has 5 rings (SSSR count). The van der Waals surface area contributed by atoms with Gasteiger partial charge in [-0.15, -0.1) is 0 Å². The fourth-order valence-corrected chi connectivity index (χ4v) is 11.7. The molecule has 3 nitrogen and oxygen atoms in total. The maximum absolute atomic E-state index is 10.0. The van der Waals surface area contributed by atoms with Gasteiger partial charge in [0.15, 0.2) is 5.78 Å². The summed E-state index contributed by atoms with van der Waals surface area (Å²) < 4.78 is 1.60. The zero-order valence-electron chi connectivity index (χ0n) is 25.1. The molecule has 0 amide bonds. The van der Waals surface area contributed by atoms with Crippen molar-refractivity contribution in [2.45, 2.75) is 64.0 Å². The first-order valence-corrected chi connectivity index (χ1v) is 24.0. The van der Waals surface area contributed by atoms with E-state index >= 15 is 0 Å². The van der Waals surface area contributed by atoms with Crippen LogP contribution in [-0.2, 0) is 24.9 Å². The van der Waals surface area contributed by atoms with Gasteiger partial charge < -0.3 is 5.11 Å². The minimum atomic E-state index is -1.90. The summed E-state index contributed by atoms with van der Waals surface area (Å²) in [7, 11) is -1.88. The van der Waals surface area contributed by atoms with Gasteiger partial charge in [0.25, 0.3) is 0 Å². The number of carbonyl (C=O) groups excluding carboxylic acids is 1. The molecule has 211 valence electrons. The first kappa shape index (κ1) is 32.2. The first-order chi connectivity index (χ1) is 18.2. The maximum Gasteiger partial charge on any atom is 0 e. The molecule has 1 aliphatic heterocycles. The zero-order valence-corrected chi connectivity index (χ0v) is 30.6. The van der Waals surface area contributed by atoms with Crippen molar-refractivity contribution in [1.82, 2.24) is 4.98 Å². The van der Waals surface area contributed by atoms with Crippen LogP contribution in [0.1, 0.15) is 39.2 Å². The Morgan fingerprint density at radius 1 is 1.00 bits per heavy atom. The average molecular weight is 788 g/mol. The van der Waals surface area contributed by atoms with Crippen LogP contribution < -0.4 is 14.8 Å². The van der Waals surface area contributed by atoms with Gasteiger partial charge in [-0.25, -0.2) is 0 Å². The Morgan fingerprint density at radius 3 is 2.25 bits per heavy atom. The monoisotopic (exact) mass is 789 g/mol. The molecule has 1 aromatic heterocycles. The van der Waals surface area contributed by atoms with E-state index in [-0.39, 0.29) is 31.6 Å². The van der Waals surface area contributed by atoms with Crippen molar-refractivity contribution in [3.05, 3.63) is 84.3 Å². The average Bonchev–Trinajstić information content (AvgIpc) is 3.09. The Morgan fingerprint density at radius 2 is 1.68 bits per heavy atom. The number of pyridine rings is 1. The molecule has 1 aliphatic rings. The van der Waals surface area contributed by atoms with Gasteiger partial charge in [-0.3, -0.25) is 4.79 Å². The summed E-state index contributed by atoms with van der Waals surface area (Å²) in [6, 6.07) is 24.3. The van der Waals surface area contributed by atoms with Crippen molar-refractivity contribution in [3.63, 3.8) is 0 Å². The summed E-state index contributed by atoms with van der Waals surface area (Å²) >= 11 is -1.90. The standard InChI is InChI=1S/C29H32GeNSi.C5H8O2.Ir/c1-19(2)26-17-21(16-20-10-8-9-11-23(20)26)28-29-25(14-15-31-28)24-13-12-22(30(3,4)5)18-27(24)32(29,6)7;1-4(6)3-5(2)7;/h8-15,17-19H,1-7H3;3,6H,1-2H3;/q-1;;/b;4-3-;. The van der Waals surface area contributed by atoms with Crippen molar-refractivity contribution >= 4 is 52.7 Å². The maximum atomic E-state index is 10.0. The predicted molar refractivity (Wildman–Crippen MR) is 172 cm³/mol. The third-order valence-corrected chi connectivity index (χ3v) is 15.3. The molecule has 0 spiro atoms. The van der Waals surface area contributed by atoms with Crippen molar-refractivity contribution < 1.29 is 30.0 Å². The molecule has 0 saturated heterocycles. The summed E-state index contributed by atoms with van der Waals surface area (Å²) in [5.74, 6) is 7.86. The normalized spacial score (nSPS) is 13.7. The van der Waals surface area contributed by atoms with Crippen LogP contribution in [-0.4, -0.2) is 37.2 Å². The summed E-state index contributed by atoms with van der Waals surface area (Å²) in [6.07, 6.45) is 3.17. The quantitative estimate of drug-likeness (QED) is 0.103. The van der Waals surface area contributed by atoms with Crippen LogP contribution in [0, 0.1) is 6.07 Å². The molecule has 4 aromatic rings. The Kier molecular flexibility index (Phi) is 9.89. The fourth-order valence-electron chi connectivity index (χ4n) is 5.58. The Hall–Kier alpha value is -2.31. The summed E-state index contributed by atoms with van der Waals surface area (Å²) in [5, 5.41) is 13.9. The van der Waals surface area contributed by atoms with Crippen LogP contribution in [0.25, 0.3) is 33.2 Å². The van der Waals surface area contributed by atoms with E-state index in [0.29, 0.717) is 5.92 Å². The second-order valence-electron chi connectivity index (χ2n) is 12.5. The third kappa shape index (κ3) is 6.44. The zero-order chi connectivity index (χ0) is 28.7. The molecular weight excluding hydrogens is 747 g/mol. The topological polar surface area (TPSA) is 50.2 Å². The number of carbonyl (C=O) groups is 1. The van der Waals surface area contributed by atoms with Crippen LogP contribution in [0.15, 0.2) is 72.6 Å². The molecule has 0 bridgehead atoms. The van der Waals surface area contributed by atoms with E-state index in [4.69, 9.17) is 10.1 Å².